The number of hydrogen-bond donors (Lipinski definition) is 1. The third-order valence-corrected chi connectivity index (χ3v) is 3.74. The first-order chi connectivity index (χ1) is 9.11. The van der Waals surface area contributed by atoms with Crippen molar-refractivity contribution in [2.75, 3.05) is 6.54 Å². The maximum atomic E-state index is 13.2. The normalized spacial score (nSPS) is 12.6. The van der Waals surface area contributed by atoms with Gasteiger partial charge in [0, 0.05) is 17.0 Å². The molecule has 0 saturated carbocycles. The lowest BCUT2D eigenvalue weighted by molar-refractivity contribution is 0.509. The summed E-state index contributed by atoms with van der Waals surface area (Å²) in [5.41, 5.74) is 1.54. The molecule has 5 heteroatoms. The Kier molecular flexibility index (Phi) is 4.61. The molecule has 0 aliphatic rings. The molecule has 1 unspecified atom stereocenters. The number of rotatable bonds is 5. The molecule has 1 aromatic carbocycles. The first kappa shape index (κ1) is 14.1. The summed E-state index contributed by atoms with van der Waals surface area (Å²) in [4.78, 5) is 4.47. The Hall–Kier alpha value is -1.33. The molecule has 2 rings (SSSR count). The topological polar surface area (TPSA) is 24.9 Å². The number of benzene rings is 1. The number of thiazole rings is 1. The molecule has 0 spiro atoms. The summed E-state index contributed by atoms with van der Waals surface area (Å²) in [6.45, 7) is 5.08. The average molecular weight is 282 g/mol. The van der Waals surface area contributed by atoms with Crippen molar-refractivity contribution in [3.63, 3.8) is 0 Å². The second-order valence-electron chi connectivity index (χ2n) is 4.38. The van der Waals surface area contributed by atoms with Gasteiger partial charge in [-0.05, 0) is 38.1 Å². The fraction of sp³-hybridized carbons (Fsp3) is 0.357. The third kappa shape index (κ3) is 3.36. The minimum Gasteiger partial charge on any atom is -0.309 e. The van der Waals surface area contributed by atoms with Crippen LogP contribution in [0.5, 0.6) is 0 Å². The van der Waals surface area contributed by atoms with Gasteiger partial charge in [0.25, 0.3) is 0 Å². The zero-order valence-electron chi connectivity index (χ0n) is 10.9. The largest absolute Gasteiger partial charge is 0.309 e. The van der Waals surface area contributed by atoms with Crippen LogP contribution in [0.2, 0.25) is 0 Å². The van der Waals surface area contributed by atoms with Crippen molar-refractivity contribution >= 4 is 11.3 Å². The van der Waals surface area contributed by atoms with Gasteiger partial charge >= 0.3 is 0 Å². The quantitative estimate of drug-likeness (QED) is 0.891. The van der Waals surface area contributed by atoms with Gasteiger partial charge in [-0.1, -0.05) is 6.92 Å². The SMILES string of the molecule is CCCNC(C)c1csc(-c2ccc(F)c(F)c2)n1. The summed E-state index contributed by atoms with van der Waals surface area (Å²) in [5.74, 6) is -1.68. The minimum atomic E-state index is -0.841. The molecule has 1 N–H and O–H groups in total. The average Bonchev–Trinajstić information content (AvgIpc) is 2.89. The van der Waals surface area contributed by atoms with Crippen molar-refractivity contribution in [3.8, 4) is 10.6 Å². The highest BCUT2D eigenvalue weighted by Crippen LogP contribution is 2.27. The molecule has 1 atom stereocenters. The summed E-state index contributed by atoms with van der Waals surface area (Å²) < 4.78 is 26.1. The van der Waals surface area contributed by atoms with Gasteiger partial charge in [0.2, 0.25) is 0 Å². The second-order valence-corrected chi connectivity index (χ2v) is 5.24. The fourth-order valence-corrected chi connectivity index (χ4v) is 2.62. The van der Waals surface area contributed by atoms with Gasteiger partial charge in [-0.25, -0.2) is 13.8 Å². The number of hydrogen-bond acceptors (Lipinski definition) is 3. The van der Waals surface area contributed by atoms with E-state index in [0.29, 0.717) is 10.6 Å². The molecular weight excluding hydrogens is 266 g/mol. The molecule has 1 aromatic heterocycles. The van der Waals surface area contributed by atoms with Gasteiger partial charge < -0.3 is 5.32 Å². The third-order valence-electron chi connectivity index (χ3n) is 2.83. The number of nitrogens with zero attached hydrogens (tertiary/aromatic N) is 1. The van der Waals surface area contributed by atoms with Crippen LogP contribution < -0.4 is 5.32 Å². The maximum absolute atomic E-state index is 13.2. The molecule has 0 amide bonds. The predicted molar refractivity (Wildman–Crippen MR) is 74.2 cm³/mol. The molecule has 2 aromatic rings. The van der Waals surface area contributed by atoms with Crippen molar-refractivity contribution in [1.29, 1.82) is 0 Å². The van der Waals surface area contributed by atoms with Crippen LogP contribution in [0.3, 0.4) is 0 Å². The smallest absolute Gasteiger partial charge is 0.159 e. The lowest BCUT2D eigenvalue weighted by atomic mass is 10.2. The van der Waals surface area contributed by atoms with Crippen molar-refractivity contribution in [2.24, 2.45) is 0 Å². The number of halogens is 2. The van der Waals surface area contributed by atoms with Crippen LogP contribution in [0, 0.1) is 11.6 Å². The summed E-state index contributed by atoms with van der Waals surface area (Å²) in [6, 6.07) is 4.02. The van der Waals surface area contributed by atoms with E-state index in [-0.39, 0.29) is 6.04 Å². The van der Waals surface area contributed by atoms with E-state index in [1.807, 2.05) is 12.3 Å². The lowest BCUT2D eigenvalue weighted by Crippen LogP contribution is -2.19. The molecule has 102 valence electrons. The number of aromatic nitrogens is 1. The van der Waals surface area contributed by atoms with Gasteiger partial charge in [-0.15, -0.1) is 11.3 Å². The van der Waals surface area contributed by atoms with Crippen molar-refractivity contribution in [3.05, 3.63) is 40.9 Å². The van der Waals surface area contributed by atoms with Gasteiger partial charge in [0.05, 0.1) is 5.69 Å². The first-order valence-corrected chi connectivity index (χ1v) is 7.14. The zero-order chi connectivity index (χ0) is 13.8. The Bertz CT molecular complexity index is 554. The molecule has 19 heavy (non-hydrogen) atoms. The van der Waals surface area contributed by atoms with Crippen LogP contribution in [0.25, 0.3) is 10.6 Å². The van der Waals surface area contributed by atoms with Gasteiger partial charge in [0.15, 0.2) is 11.6 Å². The molecule has 0 saturated heterocycles. The lowest BCUT2D eigenvalue weighted by Gasteiger charge is -2.09. The number of nitrogens with one attached hydrogen (secondary N) is 1. The molecule has 0 bridgehead atoms. The van der Waals surface area contributed by atoms with Gasteiger partial charge in [-0.2, -0.15) is 0 Å². The van der Waals surface area contributed by atoms with Crippen LogP contribution in [-0.2, 0) is 0 Å². The minimum absolute atomic E-state index is 0.162. The Labute approximate surface area is 115 Å². The summed E-state index contributed by atoms with van der Waals surface area (Å²) in [5, 5.41) is 6.00. The summed E-state index contributed by atoms with van der Waals surface area (Å²) in [7, 11) is 0. The molecule has 0 fully saturated rings. The van der Waals surface area contributed by atoms with Crippen molar-refractivity contribution in [1.82, 2.24) is 10.3 Å². The molecule has 0 radical (unpaired) electrons. The summed E-state index contributed by atoms with van der Waals surface area (Å²) in [6.07, 6.45) is 1.06. The van der Waals surface area contributed by atoms with E-state index in [9.17, 15) is 8.78 Å². The van der Waals surface area contributed by atoms with E-state index in [1.54, 1.807) is 6.07 Å². The van der Waals surface area contributed by atoms with E-state index < -0.39 is 11.6 Å². The van der Waals surface area contributed by atoms with Gasteiger partial charge in [0.1, 0.15) is 5.01 Å². The van der Waals surface area contributed by atoms with Crippen LogP contribution >= 0.6 is 11.3 Å². The highest BCUT2D eigenvalue weighted by atomic mass is 32.1. The van der Waals surface area contributed by atoms with Crippen molar-refractivity contribution < 1.29 is 8.78 Å². The van der Waals surface area contributed by atoms with E-state index in [0.717, 1.165) is 24.7 Å². The van der Waals surface area contributed by atoms with Crippen LogP contribution in [0.1, 0.15) is 32.0 Å². The van der Waals surface area contributed by atoms with Gasteiger partial charge in [-0.3, -0.25) is 0 Å². The Morgan fingerprint density at radius 1 is 1.32 bits per heavy atom. The van der Waals surface area contributed by atoms with Crippen LogP contribution in [0.4, 0.5) is 8.78 Å². The van der Waals surface area contributed by atoms with Crippen LogP contribution in [0.15, 0.2) is 23.6 Å². The Balaban J connectivity index is 2.18. The second kappa shape index (κ2) is 6.21. The van der Waals surface area contributed by atoms with Crippen LogP contribution in [-0.4, -0.2) is 11.5 Å². The summed E-state index contributed by atoms with van der Waals surface area (Å²) >= 11 is 1.44. The first-order valence-electron chi connectivity index (χ1n) is 6.26. The maximum Gasteiger partial charge on any atom is 0.159 e. The Morgan fingerprint density at radius 2 is 2.11 bits per heavy atom. The predicted octanol–water partition coefficient (Wildman–Crippen LogP) is 4.15. The molecule has 0 aliphatic heterocycles. The molecule has 2 nitrogen and oxygen atoms in total. The van der Waals surface area contributed by atoms with E-state index in [2.05, 4.69) is 17.2 Å². The highest BCUT2D eigenvalue weighted by molar-refractivity contribution is 7.13. The monoisotopic (exact) mass is 282 g/mol. The Morgan fingerprint density at radius 3 is 2.79 bits per heavy atom. The van der Waals surface area contributed by atoms with E-state index in [1.165, 1.54) is 17.4 Å². The van der Waals surface area contributed by atoms with E-state index in [4.69, 9.17) is 0 Å². The highest BCUT2D eigenvalue weighted by Gasteiger charge is 2.12. The van der Waals surface area contributed by atoms with Crippen molar-refractivity contribution in [2.45, 2.75) is 26.3 Å². The molecule has 0 aliphatic carbocycles. The molecule has 1 heterocycles. The zero-order valence-corrected chi connectivity index (χ0v) is 11.7. The molecular formula is C14H16F2N2S. The fourth-order valence-electron chi connectivity index (χ4n) is 1.71. The standard InChI is InChI=1S/C14H16F2N2S/c1-3-6-17-9(2)13-8-19-14(18-13)10-4-5-11(15)12(16)7-10/h4-5,7-9,17H,3,6H2,1-2H3. The van der Waals surface area contributed by atoms with E-state index >= 15 is 0 Å².